The topological polar surface area (TPSA) is 91.5 Å². The average Bonchev–Trinajstić information content (AvgIpc) is 3.12. The highest BCUT2D eigenvalue weighted by molar-refractivity contribution is 6.07. The van der Waals surface area contributed by atoms with Crippen LogP contribution in [0.1, 0.15) is 41.5 Å². The van der Waals surface area contributed by atoms with Crippen LogP contribution >= 0.6 is 0 Å². The molecule has 4 aromatic rings. The Labute approximate surface area is 186 Å². The van der Waals surface area contributed by atoms with Gasteiger partial charge in [0.1, 0.15) is 11.5 Å². The third-order valence-corrected chi connectivity index (χ3v) is 5.55. The number of amides is 1. The largest absolute Gasteiger partial charge is 0.508 e. The number of carbonyl (C=O) groups is 1. The first-order valence-electron chi connectivity index (χ1n) is 10.5. The Bertz CT molecular complexity index is 1310. The lowest BCUT2D eigenvalue weighted by atomic mass is 10.0. The number of hydrogen-bond acceptors (Lipinski definition) is 5. The normalized spacial score (nSPS) is 11.3. The van der Waals surface area contributed by atoms with Crippen LogP contribution in [0.2, 0.25) is 0 Å². The number of rotatable bonds is 5. The van der Waals surface area contributed by atoms with Gasteiger partial charge in [-0.1, -0.05) is 12.1 Å². The van der Waals surface area contributed by atoms with Gasteiger partial charge in [0.2, 0.25) is 0 Å². The summed E-state index contributed by atoms with van der Waals surface area (Å²) in [6, 6.07) is 13.5. The standard InChI is InChI=1S/C25H26N4O3/c1-15(2)29-16(3)18(13-26-29)14-28(4)25(32)22-12-24(17-6-5-7-19(30)10-17)27-23-9-8-20(31)11-21(22)23/h5-13,15,30-31H,14H2,1-4H3. The molecule has 0 spiro atoms. The molecule has 0 atom stereocenters. The van der Waals surface area contributed by atoms with Crippen molar-refractivity contribution in [1.82, 2.24) is 19.7 Å². The zero-order chi connectivity index (χ0) is 23.0. The van der Waals surface area contributed by atoms with Crippen molar-refractivity contribution in [3.8, 4) is 22.8 Å². The van der Waals surface area contributed by atoms with Crippen LogP contribution < -0.4 is 0 Å². The molecule has 0 fully saturated rings. The maximum absolute atomic E-state index is 13.5. The summed E-state index contributed by atoms with van der Waals surface area (Å²) < 4.78 is 1.94. The SMILES string of the molecule is Cc1c(CN(C)C(=O)c2cc(-c3cccc(O)c3)nc3ccc(O)cc23)cnn1C(C)C. The Kier molecular flexibility index (Phi) is 5.57. The summed E-state index contributed by atoms with van der Waals surface area (Å²) in [5.74, 6) is -0.00556. The second-order valence-electron chi connectivity index (χ2n) is 8.26. The van der Waals surface area contributed by atoms with Gasteiger partial charge in [0.25, 0.3) is 5.91 Å². The summed E-state index contributed by atoms with van der Waals surface area (Å²) in [7, 11) is 1.75. The molecule has 2 aromatic heterocycles. The fourth-order valence-corrected chi connectivity index (χ4v) is 3.87. The molecule has 0 aliphatic rings. The van der Waals surface area contributed by atoms with E-state index < -0.39 is 0 Å². The molecule has 32 heavy (non-hydrogen) atoms. The second-order valence-corrected chi connectivity index (χ2v) is 8.26. The van der Waals surface area contributed by atoms with Gasteiger partial charge >= 0.3 is 0 Å². The van der Waals surface area contributed by atoms with E-state index >= 15 is 0 Å². The van der Waals surface area contributed by atoms with E-state index in [0.717, 1.165) is 11.3 Å². The number of benzene rings is 2. The Balaban J connectivity index is 1.76. The molecule has 4 rings (SSSR count). The zero-order valence-electron chi connectivity index (χ0n) is 18.6. The van der Waals surface area contributed by atoms with Gasteiger partial charge in [-0.2, -0.15) is 5.10 Å². The van der Waals surface area contributed by atoms with Crippen molar-refractivity contribution in [3.05, 3.63) is 71.5 Å². The number of aromatic hydroxyl groups is 2. The summed E-state index contributed by atoms with van der Waals surface area (Å²) in [6.45, 7) is 6.54. The van der Waals surface area contributed by atoms with E-state index in [2.05, 4.69) is 23.9 Å². The molecule has 164 valence electrons. The number of carbonyl (C=O) groups excluding carboxylic acids is 1. The molecule has 2 aromatic carbocycles. The Morgan fingerprint density at radius 2 is 1.84 bits per heavy atom. The molecule has 0 radical (unpaired) electrons. The van der Waals surface area contributed by atoms with Crippen molar-refractivity contribution in [2.24, 2.45) is 0 Å². The molecule has 7 heteroatoms. The van der Waals surface area contributed by atoms with Crippen molar-refractivity contribution in [3.63, 3.8) is 0 Å². The monoisotopic (exact) mass is 430 g/mol. The van der Waals surface area contributed by atoms with Gasteiger partial charge in [-0.15, -0.1) is 0 Å². The fourth-order valence-electron chi connectivity index (χ4n) is 3.87. The first-order chi connectivity index (χ1) is 15.2. The van der Waals surface area contributed by atoms with Gasteiger partial charge in [0, 0.05) is 41.8 Å². The lowest BCUT2D eigenvalue weighted by Gasteiger charge is -2.19. The minimum absolute atomic E-state index is 0.0650. The quantitative estimate of drug-likeness (QED) is 0.480. The minimum atomic E-state index is -0.193. The van der Waals surface area contributed by atoms with Crippen molar-refractivity contribution >= 4 is 16.8 Å². The molecule has 0 aliphatic carbocycles. The van der Waals surface area contributed by atoms with Gasteiger partial charge in [0.05, 0.1) is 23.0 Å². The van der Waals surface area contributed by atoms with Gasteiger partial charge in [-0.3, -0.25) is 9.48 Å². The van der Waals surface area contributed by atoms with Crippen LogP contribution in [0.3, 0.4) is 0 Å². The number of nitrogens with zero attached hydrogens (tertiary/aromatic N) is 4. The van der Waals surface area contributed by atoms with Gasteiger partial charge in [-0.05, 0) is 57.2 Å². The minimum Gasteiger partial charge on any atom is -0.508 e. The van der Waals surface area contributed by atoms with E-state index in [4.69, 9.17) is 0 Å². The lowest BCUT2D eigenvalue weighted by Crippen LogP contribution is -2.27. The van der Waals surface area contributed by atoms with E-state index in [1.807, 2.05) is 17.7 Å². The van der Waals surface area contributed by atoms with E-state index in [1.165, 1.54) is 0 Å². The first-order valence-corrected chi connectivity index (χ1v) is 10.5. The van der Waals surface area contributed by atoms with Gasteiger partial charge in [-0.25, -0.2) is 4.98 Å². The van der Waals surface area contributed by atoms with E-state index in [0.29, 0.717) is 34.3 Å². The summed E-state index contributed by atoms with van der Waals surface area (Å²) >= 11 is 0. The zero-order valence-corrected chi connectivity index (χ0v) is 18.6. The van der Waals surface area contributed by atoms with Crippen LogP contribution in [0, 0.1) is 6.92 Å². The van der Waals surface area contributed by atoms with Crippen molar-refractivity contribution in [2.75, 3.05) is 7.05 Å². The third-order valence-electron chi connectivity index (χ3n) is 5.55. The predicted molar refractivity (Wildman–Crippen MR) is 124 cm³/mol. The first kappa shape index (κ1) is 21.4. The van der Waals surface area contributed by atoms with Crippen LogP contribution in [-0.2, 0) is 6.54 Å². The molecule has 0 saturated heterocycles. The number of pyridine rings is 1. The molecule has 2 N–H and O–H groups in total. The van der Waals surface area contributed by atoms with Crippen LogP contribution in [0.4, 0.5) is 0 Å². The lowest BCUT2D eigenvalue weighted by molar-refractivity contribution is 0.0787. The highest BCUT2D eigenvalue weighted by Gasteiger charge is 2.20. The molecule has 0 bridgehead atoms. The Morgan fingerprint density at radius 3 is 2.53 bits per heavy atom. The molecular formula is C25H26N4O3. The van der Waals surface area contributed by atoms with E-state index in [-0.39, 0.29) is 23.4 Å². The van der Waals surface area contributed by atoms with Crippen molar-refractivity contribution in [1.29, 1.82) is 0 Å². The van der Waals surface area contributed by atoms with Crippen LogP contribution in [0.15, 0.2) is 54.7 Å². The second kappa shape index (κ2) is 8.34. The number of hydrogen-bond donors (Lipinski definition) is 2. The summed E-state index contributed by atoms with van der Waals surface area (Å²) in [5, 5.41) is 24.9. The summed E-state index contributed by atoms with van der Waals surface area (Å²) in [5.41, 5.74) is 4.29. The Hall–Kier alpha value is -3.87. The van der Waals surface area contributed by atoms with Crippen molar-refractivity contribution in [2.45, 2.75) is 33.4 Å². The van der Waals surface area contributed by atoms with Crippen molar-refractivity contribution < 1.29 is 15.0 Å². The number of fused-ring (bicyclic) bond motifs is 1. The molecule has 1 amide bonds. The molecule has 0 unspecified atom stereocenters. The molecule has 7 nitrogen and oxygen atoms in total. The van der Waals surface area contributed by atoms with E-state index in [1.54, 1.807) is 60.6 Å². The predicted octanol–water partition coefficient (Wildman–Crippen LogP) is 4.67. The van der Waals surface area contributed by atoms with Gasteiger partial charge in [0.15, 0.2) is 0 Å². The van der Waals surface area contributed by atoms with Crippen LogP contribution in [0.25, 0.3) is 22.2 Å². The molecule has 0 saturated carbocycles. The van der Waals surface area contributed by atoms with Crippen LogP contribution in [0.5, 0.6) is 11.5 Å². The molecular weight excluding hydrogens is 404 g/mol. The summed E-state index contributed by atoms with van der Waals surface area (Å²) in [6.07, 6.45) is 1.80. The van der Waals surface area contributed by atoms with Gasteiger partial charge < -0.3 is 15.1 Å². The van der Waals surface area contributed by atoms with Crippen LogP contribution in [-0.4, -0.2) is 42.8 Å². The maximum Gasteiger partial charge on any atom is 0.254 e. The Morgan fingerprint density at radius 1 is 1.09 bits per heavy atom. The summed E-state index contributed by atoms with van der Waals surface area (Å²) in [4.78, 5) is 19.8. The highest BCUT2D eigenvalue weighted by atomic mass is 16.3. The number of phenolic OH excluding ortho intramolecular Hbond substituents is 2. The smallest absolute Gasteiger partial charge is 0.254 e. The third kappa shape index (κ3) is 4.01. The fraction of sp³-hybridized carbons (Fsp3) is 0.240. The molecule has 0 aliphatic heterocycles. The number of aromatic nitrogens is 3. The number of phenols is 2. The molecule has 2 heterocycles. The van der Waals surface area contributed by atoms with E-state index in [9.17, 15) is 15.0 Å². The average molecular weight is 431 g/mol. The maximum atomic E-state index is 13.5. The highest BCUT2D eigenvalue weighted by Crippen LogP contribution is 2.30.